The van der Waals surface area contributed by atoms with Crippen molar-refractivity contribution in [1.29, 1.82) is 5.26 Å². The molecule has 0 saturated heterocycles. The molecule has 1 saturated carbocycles. The van der Waals surface area contributed by atoms with Gasteiger partial charge in [-0.3, -0.25) is 0 Å². The summed E-state index contributed by atoms with van der Waals surface area (Å²) in [6, 6.07) is 1.96. The van der Waals surface area contributed by atoms with E-state index in [2.05, 4.69) is 18.6 Å². The molecule has 0 spiro atoms. The normalized spacial score (nSPS) is 29.2. The van der Waals surface area contributed by atoms with Crippen LogP contribution < -0.4 is 0 Å². The molecule has 1 aliphatic carbocycles. The van der Waals surface area contributed by atoms with E-state index in [1.165, 1.54) is 7.11 Å². The number of methoxy groups -OCH3 is 1. The van der Waals surface area contributed by atoms with Crippen LogP contribution in [0.4, 0.5) is 0 Å². The number of hydrogen-bond acceptors (Lipinski definition) is 3. The number of carbonyl (C=O) groups is 1. The Morgan fingerprint density at radius 3 is 2.60 bits per heavy atom. The predicted molar refractivity (Wildman–Crippen MR) is 56.8 cm³/mol. The summed E-state index contributed by atoms with van der Waals surface area (Å²) in [6.45, 7) is 4.38. The van der Waals surface area contributed by atoms with Crippen LogP contribution in [0.25, 0.3) is 0 Å². The second-order valence-corrected chi connectivity index (χ2v) is 4.28. The minimum absolute atomic E-state index is 0.219. The summed E-state index contributed by atoms with van der Waals surface area (Å²) in [4.78, 5) is 11.3. The third-order valence-electron chi connectivity index (χ3n) is 3.30. The molecule has 0 bridgehead atoms. The summed E-state index contributed by atoms with van der Waals surface area (Å²) < 4.78 is 4.60. The lowest BCUT2D eigenvalue weighted by atomic mass is 9.77. The largest absolute Gasteiger partial charge is 0.465 e. The predicted octanol–water partition coefficient (Wildman–Crippen LogP) is 2.44. The van der Waals surface area contributed by atoms with Crippen LogP contribution in [0.1, 0.15) is 33.1 Å². The van der Waals surface area contributed by atoms with Crippen LogP contribution in [-0.4, -0.2) is 13.1 Å². The number of ether oxygens (including phenoxy) is 1. The first-order chi connectivity index (χ1) is 7.10. The highest BCUT2D eigenvalue weighted by Crippen LogP contribution is 2.34. The molecule has 3 heteroatoms. The maximum atomic E-state index is 11.3. The standard InChI is InChI=1S/C12H17NO2/c1-8-4-5-10(6-9(8)2)11(7-13)12(14)15-3/h8-9H,4-6H2,1-3H3/b11-10+. The summed E-state index contributed by atoms with van der Waals surface area (Å²) in [7, 11) is 1.31. The fourth-order valence-corrected chi connectivity index (χ4v) is 1.98. The molecule has 2 unspecified atom stereocenters. The lowest BCUT2D eigenvalue weighted by molar-refractivity contribution is -0.135. The molecule has 1 rings (SSSR count). The van der Waals surface area contributed by atoms with Gasteiger partial charge in [0.2, 0.25) is 0 Å². The van der Waals surface area contributed by atoms with Crippen LogP contribution in [0.5, 0.6) is 0 Å². The van der Waals surface area contributed by atoms with Gasteiger partial charge in [-0.05, 0) is 36.7 Å². The van der Waals surface area contributed by atoms with Gasteiger partial charge in [-0.25, -0.2) is 4.79 Å². The first-order valence-corrected chi connectivity index (χ1v) is 5.30. The molecule has 0 heterocycles. The molecule has 0 aromatic heterocycles. The Morgan fingerprint density at radius 2 is 2.13 bits per heavy atom. The Morgan fingerprint density at radius 1 is 1.47 bits per heavy atom. The van der Waals surface area contributed by atoms with Gasteiger partial charge in [-0.15, -0.1) is 0 Å². The maximum Gasteiger partial charge on any atom is 0.348 e. The minimum atomic E-state index is -0.491. The van der Waals surface area contributed by atoms with Crippen molar-refractivity contribution >= 4 is 5.97 Å². The molecule has 15 heavy (non-hydrogen) atoms. The average molecular weight is 207 g/mol. The van der Waals surface area contributed by atoms with E-state index in [1.54, 1.807) is 0 Å². The number of hydrogen-bond donors (Lipinski definition) is 0. The van der Waals surface area contributed by atoms with Gasteiger partial charge < -0.3 is 4.74 Å². The van der Waals surface area contributed by atoms with Gasteiger partial charge in [0, 0.05) is 0 Å². The Hall–Kier alpha value is -1.30. The Labute approximate surface area is 90.7 Å². The molecule has 0 radical (unpaired) electrons. The molecule has 0 aliphatic heterocycles. The van der Waals surface area contributed by atoms with Gasteiger partial charge in [0.15, 0.2) is 0 Å². The van der Waals surface area contributed by atoms with Crippen molar-refractivity contribution in [3.8, 4) is 6.07 Å². The van der Waals surface area contributed by atoms with E-state index in [0.717, 1.165) is 24.8 Å². The van der Waals surface area contributed by atoms with E-state index in [0.29, 0.717) is 11.8 Å². The van der Waals surface area contributed by atoms with Crippen molar-refractivity contribution in [3.63, 3.8) is 0 Å². The number of allylic oxidation sites excluding steroid dienone is 1. The third-order valence-corrected chi connectivity index (χ3v) is 3.30. The number of nitriles is 1. The van der Waals surface area contributed by atoms with Gasteiger partial charge in [-0.2, -0.15) is 5.26 Å². The Kier molecular flexibility index (Phi) is 3.90. The molecule has 1 fully saturated rings. The lowest BCUT2D eigenvalue weighted by Crippen LogP contribution is -2.18. The third kappa shape index (κ3) is 2.59. The van der Waals surface area contributed by atoms with Crippen LogP contribution in [0.2, 0.25) is 0 Å². The van der Waals surface area contributed by atoms with E-state index in [9.17, 15) is 4.79 Å². The van der Waals surface area contributed by atoms with Crippen molar-refractivity contribution in [2.24, 2.45) is 11.8 Å². The van der Waals surface area contributed by atoms with Crippen molar-refractivity contribution in [1.82, 2.24) is 0 Å². The zero-order chi connectivity index (χ0) is 11.4. The molecule has 0 amide bonds. The summed E-state index contributed by atoms with van der Waals surface area (Å²) in [5.41, 5.74) is 1.19. The summed E-state index contributed by atoms with van der Waals surface area (Å²) in [5, 5.41) is 8.92. The lowest BCUT2D eigenvalue weighted by Gasteiger charge is -2.27. The minimum Gasteiger partial charge on any atom is -0.465 e. The summed E-state index contributed by atoms with van der Waals surface area (Å²) in [6.07, 6.45) is 2.75. The molecule has 3 nitrogen and oxygen atoms in total. The molecule has 82 valence electrons. The number of nitrogens with zero attached hydrogens (tertiary/aromatic N) is 1. The molecular weight excluding hydrogens is 190 g/mol. The highest BCUT2D eigenvalue weighted by molar-refractivity contribution is 5.93. The van der Waals surface area contributed by atoms with Crippen molar-refractivity contribution in [2.75, 3.05) is 7.11 Å². The van der Waals surface area contributed by atoms with Gasteiger partial charge in [-0.1, -0.05) is 13.8 Å². The number of carbonyl (C=O) groups excluding carboxylic acids is 1. The van der Waals surface area contributed by atoms with E-state index in [1.807, 2.05) is 6.07 Å². The fourth-order valence-electron chi connectivity index (χ4n) is 1.98. The fraction of sp³-hybridized carbons (Fsp3) is 0.667. The molecule has 0 N–H and O–H groups in total. The van der Waals surface area contributed by atoms with Crippen LogP contribution in [0.3, 0.4) is 0 Å². The van der Waals surface area contributed by atoms with Gasteiger partial charge >= 0.3 is 5.97 Å². The van der Waals surface area contributed by atoms with Crippen LogP contribution in [0.15, 0.2) is 11.1 Å². The highest BCUT2D eigenvalue weighted by Gasteiger charge is 2.25. The second-order valence-electron chi connectivity index (χ2n) is 4.28. The van der Waals surface area contributed by atoms with E-state index in [4.69, 9.17) is 5.26 Å². The van der Waals surface area contributed by atoms with Crippen molar-refractivity contribution in [2.45, 2.75) is 33.1 Å². The first kappa shape index (κ1) is 11.8. The number of rotatable bonds is 1. The SMILES string of the molecule is COC(=O)/C(C#N)=C1\CCC(C)C(C)C1. The van der Waals surface area contributed by atoms with E-state index in [-0.39, 0.29) is 5.57 Å². The zero-order valence-corrected chi connectivity index (χ0v) is 9.54. The topological polar surface area (TPSA) is 50.1 Å². The molecule has 0 aromatic rings. The van der Waals surface area contributed by atoms with E-state index >= 15 is 0 Å². The molecule has 0 aromatic carbocycles. The second kappa shape index (κ2) is 4.97. The molecule has 2 atom stereocenters. The quantitative estimate of drug-likeness (QED) is 0.377. The monoisotopic (exact) mass is 207 g/mol. The van der Waals surface area contributed by atoms with Crippen LogP contribution in [0, 0.1) is 23.2 Å². The highest BCUT2D eigenvalue weighted by atomic mass is 16.5. The zero-order valence-electron chi connectivity index (χ0n) is 9.54. The van der Waals surface area contributed by atoms with Crippen LogP contribution in [-0.2, 0) is 9.53 Å². The smallest absolute Gasteiger partial charge is 0.348 e. The van der Waals surface area contributed by atoms with Gasteiger partial charge in [0.05, 0.1) is 7.11 Å². The van der Waals surface area contributed by atoms with E-state index < -0.39 is 5.97 Å². The molecular formula is C12H17NO2. The first-order valence-electron chi connectivity index (χ1n) is 5.30. The van der Waals surface area contributed by atoms with Crippen LogP contribution >= 0.6 is 0 Å². The summed E-state index contributed by atoms with van der Waals surface area (Å²) in [5.74, 6) is 0.724. The van der Waals surface area contributed by atoms with Gasteiger partial charge in [0.1, 0.15) is 11.6 Å². The average Bonchev–Trinajstić information content (AvgIpc) is 2.24. The Balaban J connectivity index is 2.89. The number of esters is 1. The van der Waals surface area contributed by atoms with Crippen molar-refractivity contribution in [3.05, 3.63) is 11.1 Å². The maximum absolute atomic E-state index is 11.3. The molecule has 1 aliphatic rings. The summed E-state index contributed by atoms with van der Waals surface area (Å²) >= 11 is 0. The van der Waals surface area contributed by atoms with Gasteiger partial charge in [0.25, 0.3) is 0 Å². The Bertz CT molecular complexity index is 325. The van der Waals surface area contributed by atoms with Crippen molar-refractivity contribution < 1.29 is 9.53 Å².